The average molecular weight is 444 g/mol. The van der Waals surface area contributed by atoms with Crippen LogP contribution in [0.2, 0.25) is 0 Å². The molecule has 0 fully saturated rings. The number of rotatable bonds is 15. The minimum absolute atomic E-state index is 0.178. The SMILES string of the molecule is CCCCC[N+](CCCC)(CCCO)CCCCC.Cc1ccc(S(=O)(=O)[O-])cc1. The van der Waals surface area contributed by atoms with Crippen molar-refractivity contribution in [2.24, 2.45) is 0 Å². The van der Waals surface area contributed by atoms with Gasteiger partial charge in [-0.05, 0) is 51.2 Å². The second-order valence-electron chi connectivity index (χ2n) is 8.35. The lowest BCUT2D eigenvalue weighted by atomic mass is 10.1. The summed E-state index contributed by atoms with van der Waals surface area (Å²) in [5.74, 6) is 0. The van der Waals surface area contributed by atoms with Crippen LogP contribution in [0, 0.1) is 6.92 Å². The van der Waals surface area contributed by atoms with Crippen molar-refractivity contribution >= 4 is 10.1 Å². The van der Waals surface area contributed by atoms with Crippen LogP contribution >= 0.6 is 0 Å². The Labute approximate surface area is 185 Å². The quantitative estimate of drug-likeness (QED) is 0.228. The summed E-state index contributed by atoms with van der Waals surface area (Å²) in [6.45, 7) is 14.2. The third-order valence-electron chi connectivity index (χ3n) is 5.56. The number of quaternary nitrogens is 1. The number of hydrogen-bond donors (Lipinski definition) is 1. The van der Waals surface area contributed by atoms with Crippen LogP contribution < -0.4 is 0 Å². The molecule has 0 saturated heterocycles. The van der Waals surface area contributed by atoms with Crippen LogP contribution in [0.3, 0.4) is 0 Å². The molecule has 0 heterocycles. The lowest BCUT2D eigenvalue weighted by Gasteiger charge is -2.39. The van der Waals surface area contributed by atoms with E-state index in [0.29, 0.717) is 6.61 Å². The van der Waals surface area contributed by atoms with Crippen LogP contribution in [0.5, 0.6) is 0 Å². The number of hydrogen-bond acceptors (Lipinski definition) is 4. The molecular weight excluding hydrogens is 398 g/mol. The van der Waals surface area contributed by atoms with E-state index < -0.39 is 10.1 Å². The molecule has 176 valence electrons. The zero-order valence-corrected chi connectivity index (χ0v) is 20.6. The molecule has 0 aliphatic rings. The van der Waals surface area contributed by atoms with E-state index in [1.165, 1.54) is 94.2 Å². The Bertz CT molecular complexity index is 609. The highest BCUT2D eigenvalue weighted by atomic mass is 32.2. The fourth-order valence-corrected chi connectivity index (χ4v) is 4.14. The number of aliphatic hydroxyl groups is 1. The highest BCUT2D eigenvalue weighted by Crippen LogP contribution is 2.16. The van der Waals surface area contributed by atoms with E-state index >= 15 is 0 Å². The van der Waals surface area contributed by atoms with Crippen molar-refractivity contribution in [2.45, 2.75) is 90.4 Å². The van der Waals surface area contributed by atoms with Crippen LogP contribution in [0.15, 0.2) is 29.2 Å². The van der Waals surface area contributed by atoms with Gasteiger partial charge in [0, 0.05) is 13.0 Å². The molecule has 0 unspecified atom stereocenters. The summed E-state index contributed by atoms with van der Waals surface area (Å²) in [4.78, 5) is -0.178. The van der Waals surface area contributed by atoms with Gasteiger partial charge in [0.1, 0.15) is 10.1 Å². The molecule has 0 atom stereocenters. The van der Waals surface area contributed by atoms with E-state index in [2.05, 4.69) is 20.8 Å². The smallest absolute Gasteiger partial charge is 0.124 e. The zero-order chi connectivity index (χ0) is 22.9. The largest absolute Gasteiger partial charge is 0.744 e. The van der Waals surface area contributed by atoms with Crippen LogP contribution in [0.4, 0.5) is 0 Å². The van der Waals surface area contributed by atoms with Gasteiger partial charge in [0.2, 0.25) is 0 Å². The Kier molecular flexibility index (Phi) is 16.2. The van der Waals surface area contributed by atoms with E-state index in [1.54, 1.807) is 12.1 Å². The van der Waals surface area contributed by atoms with Gasteiger partial charge >= 0.3 is 0 Å². The molecule has 1 N–H and O–H groups in total. The maximum Gasteiger partial charge on any atom is 0.124 e. The molecule has 1 aromatic rings. The molecule has 0 aliphatic heterocycles. The molecule has 6 heteroatoms. The number of unbranched alkanes of at least 4 members (excludes halogenated alkanes) is 5. The van der Waals surface area contributed by atoms with Gasteiger partial charge in [-0.25, -0.2) is 8.42 Å². The van der Waals surface area contributed by atoms with Crippen molar-refractivity contribution < 1.29 is 22.6 Å². The third kappa shape index (κ3) is 13.4. The molecule has 0 amide bonds. The Morgan fingerprint density at radius 3 is 1.60 bits per heavy atom. The summed E-state index contributed by atoms with van der Waals surface area (Å²) >= 11 is 0. The molecule has 0 bridgehead atoms. The zero-order valence-electron chi connectivity index (χ0n) is 19.7. The van der Waals surface area contributed by atoms with Crippen LogP contribution in [-0.2, 0) is 10.1 Å². The first kappa shape index (κ1) is 29.1. The summed E-state index contributed by atoms with van der Waals surface area (Å²) in [5, 5.41) is 9.19. The molecule has 0 spiro atoms. The highest BCUT2D eigenvalue weighted by molar-refractivity contribution is 7.85. The first-order chi connectivity index (χ1) is 14.2. The Hall–Kier alpha value is -0.950. The minimum atomic E-state index is -4.27. The van der Waals surface area contributed by atoms with E-state index in [9.17, 15) is 18.1 Å². The Balaban J connectivity index is 0.000000642. The highest BCUT2D eigenvalue weighted by Gasteiger charge is 2.25. The monoisotopic (exact) mass is 443 g/mol. The van der Waals surface area contributed by atoms with E-state index in [1.807, 2.05) is 6.92 Å². The first-order valence-corrected chi connectivity index (χ1v) is 13.1. The fraction of sp³-hybridized carbons (Fsp3) is 0.750. The first-order valence-electron chi connectivity index (χ1n) is 11.7. The van der Waals surface area contributed by atoms with Crippen molar-refractivity contribution in [3.63, 3.8) is 0 Å². The standard InChI is InChI=1S/C17H38NO.C7H8O3S/c1-4-7-10-14-18(13-9-6-3,16-12-17-19)15-11-8-5-2;1-6-2-4-7(5-3-6)11(8,9)10/h19H,4-17H2,1-3H3;2-5H,1H3,(H,8,9,10)/q+1;/p-1. The number of nitrogens with zero attached hydrogens (tertiary/aromatic N) is 1. The molecule has 0 aliphatic carbocycles. The molecule has 0 aromatic heterocycles. The van der Waals surface area contributed by atoms with Gasteiger partial charge in [-0.15, -0.1) is 0 Å². The summed E-state index contributed by atoms with van der Waals surface area (Å²) < 4.78 is 32.4. The van der Waals surface area contributed by atoms with Gasteiger partial charge in [-0.2, -0.15) is 0 Å². The lowest BCUT2D eigenvalue weighted by molar-refractivity contribution is -0.929. The molecule has 1 rings (SSSR count). The predicted molar refractivity (Wildman–Crippen MR) is 125 cm³/mol. The topological polar surface area (TPSA) is 77.4 Å². The van der Waals surface area contributed by atoms with Crippen molar-refractivity contribution in [3.8, 4) is 0 Å². The maximum absolute atomic E-state index is 10.4. The van der Waals surface area contributed by atoms with E-state index in [4.69, 9.17) is 0 Å². The Morgan fingerprint density at radius 1 is 0.767 bits per heavy atom. The van der Waals surface area contributed by atoms with Gasteiger partial charge in [-0.1, -0.05) is 57.7 Å². The van der Waals surface area contributed by atoms with Gasteiger partial charge in [-0.3, -0.25) is 0 Å². The predicted octanol–water partition coefficient (Wildman–Crippen LogP) is 5.27. The van der Waals surface area contributed by atoms with Gasteiger partial charge < -0.3 is 14.1 Å². The molecular formula is C24H45NO4S. The normalized spacial score (nSPS) is 11.8. The Morgan fingerprint density at radius 2 is 1.20 bits per heavy atom. The van der Waals surface area contributed by atoms with Crippen LogP contribution in [0.1, 0.15) is 84.1 Å². The number of aryl methyl sites for hydroxylation is 1. The van der Waals surface area contributed by atoms with E-state index in [0.717, 1.165) is 12.0 Å². The second kappa shape index (κ2) is 16.7. The molecule has 0 radical (unpaired) electrons. The summed E-state index contributed by atoms with van der Waals surface area (Å²) in [6.07, 6.45) is 11.7. The van der Waals surface area contributed by atoms with Crippen molar-refractivity contribution in [1.82, 2.24) is 0 Å². The minimum Gasteiger partial charge on any atom is -0.744 e. The van der Waals surface area contributed by atoms with Gasteiger partial charge in [0.05, 0.1) is 31.1 Å². The van der Waals surface area contributed by atoms with Crippen molar-refractivity contribution in [2.75, 3.05) is 32.8 Å². The molecule has 5 nitrogen and oxygen atoms in total. The van der Waals surface area contributed by atoms with Gasteiger partial charge in [0.25, 0.3) is 0 Å². The summed E-state index contributed by atoms with van der Waals surface area (Å²) in [7, 11) is -4.27. The number of aliphatic hydroxyl groups excluding tert-OH is 1. The second-order valence-corrected chi connectivity index (χ2v) is 9.73. The number of benzene rings is 1. The molecule has 30 heavy (non-hydrogen) atoms. The van der Waals surface area contributed by atoms with Crippen molar-refractivity contribution in [1.29, 1.82) is 0 Å². The summed E-state index contributed by atoms with van der Waals surface area (Å²) in [6, 6.07) is 5.78. The third-order valence-corrected chi connectivity index (χ3v) is 6.41. The van der Waals surface area contributed by atoms with Crippen LogP contribution in [-0.4, -0.2) is 55.3 Å². The summed E-state index contributed by atoms with van der Waals surface area (Å²) in [5.41, 5.74) is 0.928. The molecule has 1 aromatic carbocycles. The lowest BCUT2D eigenvalue weighted by Crippen LogP contribution is -2.51. The molecule has 0 saturated carbocycles. The van der Waals surface area contributed by atoms with E-state index in [-0.39, 0.29) is 4.90 Å². The van der Waals surface area contributed by atoms with Crippen molar-refractivity contribution in [3.05, 3.63) is 29.8 Å². The maximum atomic E-state index is 10.4. The van der Waals surface area contributed by atoms with Crippen LogP contribution in [0.25, 0.3) is 0 Å². The average Bonchev–Trinajstić information content (AvgIpc) is 2.71. The van der Waals surface area contributed by atoms with Gasteiger partial charge in [0.15, 0.2) is 0 Å². The fourth-order valence-electron chi connectivity index (χ4n) is 3.67.